The Morgan fingerprint density at radius 2 is 2.06 bits per heavy atom. The monoisotopic (exact) mass is 248 g/mol. The van der Waals surface area contributed by atoms with E-state index in [1.54, 1.807) is 20.8 Å². The van der Waals surface area contributed by atoms with E-state index in [1.807, 2.05) is 0 Å². The highest BCUT2D eigenvalue weighted by molar-refractivity contribution is 7.90. The smallest absolute Gasteiger partial charge is 0.216 e. The Hall–Kier alpha value is -0.130. The molecular weight excluding hydrogens is 224 g/mol. The summed E-state index contributed by atoms with van der Waals surface area (Å²) in [6, 6.07) is 0. The highest BCUT2D eigenvalue weighted by atomic mass is 32.2. The van der Waals surface area contributed by atoms with Crippen molar-refractivity contribution in [2.45, 2.75) is 44.8 Å². The average Bonchev–Trinajstić information content (AvgIpc) is 2.17. The Balaban J connectivity index is 2.29. The van der Waals surface area contributed by atoms with Crippen LogP contribution in [-0.2, 0) is 10.0 Å². The first kappa shape index (κ1) is 13.9. The summed E-state index contributed by atoms with van der Waals surface area (Å²) in [4.78, 5) is 0. The topological polar surface area (TPSA) is 58.2 Å². The minimum absolute atomic E-state index is 0.561. The van der Waals surface area contributed by atoms with E-state index in [0.717, 1.165) is 19.5 Å². The van der Waals surface area contributed by atoms with Gasteiger partial charge in [0.25, 0.3) is 0 Å². The fourth-order valence-electron chi connectivity index (χ4n) is 1.78. The van der Waals surface area contributed by atoms with Crippen molar-refractivity contribution in [2.24, 2.45) is 5.92 Å². The van der Waals surface area contributed by atoms with E-state index >= 15 is 0 Å². The molecule has 0 saturated carbocycles. The SMILES string of the molecule is CC(C)(C)S(=O)(=O)NCCC1CCCNC1. The molecule has 96 valence electrons. The van der Waals surface area contributed by atoms with E-state index < -0.39 is 14.8 Å². The Bertz CT molecular complexity index is 300. The van der Waals surface area contributed by atoms with Gasteiger partial charge >= 0.3 is 0 Å². The van der Waals surface area contributed by atoms with Crippen LogP contribution in [0.15, 0.2) is 0 Å². The minimum Gasteiger partial charge on any atom is -0.316 e. The molecule has 1 rings (SSSR count). The van der Waals surface area contributed by atoms with Crippen LogP contribution in [0.25, 0.3) is 0 Å². The van der Waals surface area contributed by atoms with Crippen LogP contribution in [0.1, 0.15) is 40.0 Å². The Morgan fingerprint density at radius 1 is 1.38 bits per heavy atom. The van der Waals surface area contributed by atoms with Gasteiger partial charge in [0.1, 0.15) is 0 Å². The van der Waals surface area contributed by atoms with Gasteiger partial charge in [-0.2, -0.15) is 0 Å². The van der Waals surface area contributed by atoms with Crippen LogP contribution in [0, 0.1) is 5.92 Å². The van der Waals surface area contributed by atoms with Crippen LogP contribution < -0.4 is 10.0 Å². The Labute approximate surface area is 99.2 Å². The zero-order valence-corrected chi connectivity index (χ0v) is 11.4. The fourth-order valence-corrected chi connectivity index (χ4v) is 2.60. The van der Waals surface area contributed by atoms with Crippen LogP contribution in [0.3, 0.4) is 0 Å². The first-order valence-corrected chi connectivity index (χ1v) is 7.51. The standard InChI is InChI=1S/C11H24N2O2S/c1-11(2,3)16(14,15)13-8-6-10-5-4-7-12-9-10/h10,12-13H,4-9H2,1-3H3. The molecule has 5 heteroatoms. The molecule has 1 saturated heterocycles. The number of hydrogen-bond acceptors (Lipinski definition) is 3. The van der Waals surface area contributed by atoms with Gasteiger partial charge in [0, 0.05) is 6.54 Å². The van der Waals surface area contributed by atoms with E-state index in [4.69, 9.17) is 0 Å². The van der Waals surface area contributed by atoms with Gasteiger partial charge in [0.2, 0.25) is 10.0 Å². The molecule has 0 aliphatic carbocycles. The van der Waals surface area contributed by atoms with Gasteiger partial charge in [-0.3, -0.25) is 0 Å². The molecule has 1 fully saturated rings. The van der Waals surface area contributed by atoms with Crippen molar-refractivity contribution < 1.29 is 8.42 Å². The second-order valence-corrected chi connectivity index (χ2v) is 8.03. The fraction of sp³-hybridized carbons (Fsp3) is 1.00. The second kappa shape index (κ2) is 5.47. The maximum atomic E-state index is 11.8. The van der Waals surface area contributed by atoms with Crippen LogP contribution in [-0.4, -0.2) is 32.8 Å². The Morgan fingerprint density at radius 3 is 2.56 bits per heavy atom. The van der Waals surface area contributed by atoms with Gasteiger partial charge in [0.15, 0.2) is 0 Å². The lowest BCUT2D eigenvalue weighted by Crippen LogP contribution is -2.41. The molecule has 1 heterocycles. The van der Waals surface area contributed by atoms with Crippen LogP contribution in [0.2, 0.25) is 0 Å². The molecule has 16 heavy (non-hydrogen) atoms. The zero-order valence-electron chi connectivity index (χ0n) is 10.5. The molecule has 0 aromatic heterocycles. The molecule has 4 nitrogen and oxygen atoms in total. The molecule has 0 aromatic rings. The summed E-state index contributed by atoms with van der Waals surface area (Å²) in [5.41, 5.74) is 0. The van der Waals surface area contributed by atoms with Gasteiger partial charge in [0.05, 0.1) is 4.75 Å². The molecule has 0 aromatic carbocycles. The third-order valence-corrected chi connectivity index (χ3v) is 5.25. The van der Waals surface area contributed by atoms with Gasteiger partial charge < -0.3 is 5.32 Å². The first-order valence-electron chi connectivity index (χ1n) is 6.03. The van der Waals surface area contributed by atoms with Crippen LogP contribution in [0.5, 0.6) is 0 Å². The molecule has 0 radical (unpaired) electrons. The molecule has 0 bridgehead atoms. The number of hydrogen-bond donors (Lipinski definition) is 2. The number of sulfonamides is 1. The van der Waals surface area contributed by atoms with Crippen molar-refractivity contribution in [3.63, 3.8) is 0 Å². The average molecular weight is 248 g/mol. The predicted molar refractivity (Wildman–Crippen MR) is 66.9 cm³/mol. The first-order chi connectivity index (χ1) is 7.33. The van der Waals surface area contributed by atoms with E-state index in [-0.39, 0.29) is 0 Å². The summed E-state index contributed by atoms with van der Waals surface area (Å²) in [5.74, 6) is 0.622. The van der Waals surface area contributed by atoms with E-state index in [2.05, 4.69) is 10.0 Å². The van der Waals surface area contributed by atoms with Crippen molar-refractivity contribution >= 4 is 10.0 Å². The summed E-state index contributed by atoms with van der Waals surface area (Å²) in [6.45, 7) is 7.85. The molecule has 1 atom stereocenters. The molecule has 0 amide bonds. The van der Waals surface area contributed by atoms with Crippen molar-refractivity contribution in [1.82, 2.24) is 10.0 Å². The lowest BCUT2D eigenvalue weighted by molar-refractivity contribution is 0.358. The minimum atomic E-state index is -3.17. The summed E-state index contributed by atoms with van der Waals surface area (Å²) in [6.07, 6.45) is 3.35. The molecule has 0 spiro atoms. The second-order valence-electron chi connectivity index (χ2n) is 5.51. The van der Waals surface area contributed by atoms with E-state index in [0.29, 0.717) is 12.5 Å². The molecule has 1 aliphatic heterocycles. The van der Waals surface area contributed by atoms with Crippen molar-refractivity contribution in [2.75, 3.05) is 19.6 Å². The van der Waals surface area contributed by atoms with Gasteiger partial charge in [-0.1, -0.05) is 0 Å². The van der Waals surface area contributed by atoms with Gasteiger partial charge in [-0.25, -0.2) is 13.1 Å². The van der Waals surface area contributed by atoms with Crippen LogP contribution >= 0.6 is 0 Å². The highest BCUT2D eigenvalue weighted by Crippen LogP contribution is 2.15. The zero-order chi connectivity index (χ0) is 12.2. The third-order valence-electron chi connectivity index (χ3n) is 3.05. The summed E-state index contributed by atoms with van der Waals surface area (Å²) >= 11 is 0. The lowest BCUT2D eigenvalue weighted by atomic mass is 9.96. The summed E-state index contributed by atoms with van der Waals surface area (Å²) < 4.78 is 25.5. The highest BCUT2D eigenvalue weighted by Gasteiger charge is 2.28. The normalized spacial score (nSPS) is 23.3. The van der Waals surface area contributed by atoms with Crippen molar-refractivity contribution in [1.29, 1.82) is 0 Å². The van der Waals surface area contributed by atoms with E-state index in [9.17, 15) is 8.42 Å². The number of nitrogens with one attached hydrogen (secondary N) is 2. The lowest BCUT2D eigenvalue weighted by Gasteiger charge is -2.24. The maximum absolute atomic E-state index is 11.8. The molecular formula is C11H24N2O2S. The van der Waals surface area contributed by atoms with Crippen molar-refractivity contribution in [3.8, 4) is 0 Å². The van der Waals surface area contributed by atoms with E-state index in [1.165, 1.54) is 12.8 Å². The largest absolute Gasteiger partial charge is 0.316 e. The quantitative estimate of drug-likeness (QED) is 0.783. The van der Waals surface area contributed by atoms with Gasteiger partial charge in [-0.15, -0.1) is 0 Å². The van der Waals surface area contributed by atoms with Crippen molar-refractivity contribution in [3.05, 3.63) is 0 Å². The Kier molecular flexibility index (Phi) is 4.76. The molecule has 1 unspecified atom stereocenters. The summed E-state index contributed by atoms with van der Waals surface area (Å²) in [7, 11) is -3.17. The van der Waals surface area contributed by atoms with Gasteiger partial charge in [-0.05, 0) is 59.0 Å². The molecule has 2 N–H and O–H groups in total. The molecule has 1 aliphatic rings. The third kappa shape index (κ3) is 4.03. The number of piperidine rings is 1. The maximum Gasteiger partial charge on any atom is 0.216 e. The number of rotatable bonds is 4. The summed E-state index contributed by atoms with van der Waals surface area (Å²) in [5, 5.41) is 3.34. The predicted octanol–water partition coefficient (Wildman–Crippen LogP) is 1.09. The van der Waals surface area contributed by atoms with Crippen LogP contribution in [0.4, 0.5) is 0 Å².